The molecule has 0 bridgehead atoms. The molecular formula is C14H14N3O4P. The maximum atomic E-state index is 12.6. The zero-order chi connectivity index (χ0) is 16.0. The molecule has 0 aliphatic carbocycles. The van der Waals surface area contributed by atoms with Crippen molar-refractivity contribution in [2.45, 2.75) is 13.8 Å². The minimum Gasteiger partial charge on any atom is -0.386 e. The molecule has 2 aromatic rings. The van der Waals surface area contributed by atoms with Crippen LogP contribution in [0.4, 0.5) is 0 Å². The van der Waals surface area contributed by atoms with E-state index in [-0.39, 0.29) is 11.5 Å². The molecule has 7 nitrogen and oxygen atoms in total. The molecule has 0 N–H and O–H groups in total. The molecule has 0 spiro atoms. The third-order valence-electron chi connectivity index (χ3n) is 2.59. The Bertz CT molecular complexity index is 708. The van der Waals surface area contributed by atoms with Crippen LogP contribution in [0.2, 0.25) is 0 Å². The van der Waals surface area contributed by atoms with Gasteiger partial charge in [-0.3, -0.25) is 0 Å². The van der Waals surface area contributed by atoms with Crippen LogP contribution in [0.15, 0.2) is 53.8 Å². The van der Waals surface area contributed by atoms with E-state index in [0.717, 1.165) is 11.1 Å². The van der Waals surface area contributed by atoms with Crippen molar-refractivity contribution in [3.8, 4) is 11.5 Å². The third-order valence-corrected chi connectivity index (χ3v) is 3.73. The van der Waals surface area contributed by atoms with Crippen molar-refractivity contribution in [1.29, 1.82) is 0 Å². The molecule has 0 heterocycles. The number of benzene rings is 2. The average molecular weight is 319 g/mol. The van der Waals surface area contributed by atoms with Crippen LogP contribution in [-0.4, -0.2) is 0 Å². The quantitative estimate of drug-likeness (QED) is 0.243. The lowest BCUT2D eigenvalue weighted by molar-refractivity contribution is 0.214. The van der Waals surface area contributed by atoms with Gasteiger partial charge >= 0.3 is 7.82 Å². The van der Waals surface area contributed by atoms with Crippen LogP contribution in [0.5, 0.6) is 11.5 Å². The summed E-state index contributed by atoms with van der Waals surface area (Å²) in [6.07, 6.45) is 0. The largest absolute Gasteiger partial charge is 0.653 e. The van der Waals surface area contributed by atoms with Gasteiger partial charge < -0.3 is 13.7 Å². The summed E-state index contributed by atoms with van der Waals surface area (Å²) in [5.74, 6) is 0.563. The molecule has 22 heavy (non-hydrogen) atoms. The van der Waals surface area contributed by atoms with Gasteiger partial charge in [-0.25, -0.2) is 0 Å². The van der Waals surface area contributed by atoms with Crippen LogP contribution in [0, 0.1) is 13.8 Å². The SMILES string of the molecule is Cc1cccc(OP(=O)(ON=[N+]=[N-])Oc2cccc(C)c2)c1. The molecule has 0 aliphatic rings. The van der Waals surface area contributed by atoms with Gasteiger partial charge in [-0.05, 0) is 54.8 Å². The molecule has 2 aromatic carbocycles. The van der Waals surface area contributed by atoms with Crippen LogP contribution in [0.1, 0.15) is 11.1 Å². The van der Waals surface area contributed by atoms with E-state index in [1.54, 1.807) is 36.4 Å². The summed E-state index contributed by atoms with van der Waals surface area (Å²) in [4.78, 5) is 2.41. The van der Waals surface area contributed by atoms with Gasteiger partial charge in [0.05, 0.1) is 0 Å². The Morgan fingerprint density at radius 2 is 1.50 bits per heavy atom. The Kier molecular flexibility index (Phi) is 4.94. The van der Waals surface area contributed by atoms with Crippen molar-refractivity contribution in [3.63, 3.8) is 0 Å². The van der Waals surface area contributed by atoms with Crippen molar-refractivity contribution in [3.05, 3.63) is 70.1 Å². The lowest BCUT2D eigenvalue weighted by Crippen LogP contribution is -2.02. The summed E-state index contributed by atoms with van der Waals surface area (Å²) in [5, 5.41) is 2.85. The zero-order valence-corrected chi connectivity index (χ0v) is 12.9. The first kappa shape index (κ1) is 15.8. The molecule has 0 saturated heterocycles. The first-order valence-electron chi connectivity index (χ1n) is 6.36. The normalized spacial score (nSPS) is 10.5. The van der Waals surface area contributed by atoms with E-state index in [0.29, 0.717) is 0 Å². The van der Waals surface area contributed by atoms with Crippen LogP contribution < -0.4 is 9.05 Å². The molecule has 0 aliphatic heterocycles. The van der Waals surface area contributed by atoms with Gasteiger partial charge in [0.2, 0.25) is 0 Å². The van der Waals surface area contributed by atoms with E-state index < -0.39 is 7.82 Å². The molecule has 0 fully saturated rings. The van der Waals surface area contributed by atoms with Crippen LogP contribution in [0.3, 0.4) is 0 Å². The minimum absolute atomic E-state index is 0.282. The topological polar surface area (TPSA) is 93.5 Å². The second-order valence-electron chi connectivity index (χ2n) is 4.52. The summed E-state index contributed by atoms with van der Waals surface area (Å²) >= 11 is 0. The van der Waals surface area contributed by atoms with Gasteiger partial charge in [-0.15, -0.1) is 0 Å². The van der Waals surface area contributed by atoms with E-state index in [9.17, 15) is 4.57 Å². The molecule has 0 aromatic heterocycles. The lowest BCUT2D eigenvalue weighted by atomic mass is 10.2. The highest BCUT2D eigenvalue weighted by Crippen LogP contribution is 2.50. The van der Waals surface area contributed by atoms with Crippen LogP contribution >= 0.6 is 7.82 Å². The number of nitrogens with zero attached hydrogens (tertiary/aromatic N) is 3. The summed E-state index contributed by atoms with van der Waals surface area (Å²) < 4.78 is 27.7. The molecule has 8 heteroatoms. The monoisotopic (exact) mass is 319 g/mol. The Balaban J connectivity index is 2.27. The fraction of sp³-hybridized carbons (Fsp3) is 0.143. The summed E-state index contributed by atoms with van der Waals surface area (Å²) in [7, 11) is -4.14. The predicted molar refractivity (Wildman–Crippen MR) is 81.5 cm³/mol. The second kappa shape index (κ2) is 6.89. The van der Waals surface area contributed by atoms with Crippen molar-refractivity contribution < 1.29 is 18.2 Å². The highest BCUT2D eigenvalue weighted by atomic mass is 31.2. The van der Waals surface area contributed by atoms with E-state index in [1.165, 1.54) is 0 Å². The number of hydrogen-bond donors (Lipinski definition) is 0. The standard InChI is InChI=1S/C14H14N3O4P/c1-11-5-3-7-13(9-11)19-22(18,21-17-16-15)20-14-8-4-6-12(2)10-14/h3-10H,1-2H3. The van der Waals surface area contributed by atoms with Gasteiger partial charge in [0.25, 0.3) is 0 Å². The van der Waals surface area contributed by atoms with E-state index >= 15 is 0 Å². The molecule has 0 unspecified atom stereocenters. The molecule has 0 radical (unpaired) electrons. The Morgan fingerprint density at radius 1 is 1.00 bits per heavy atom. The van der Waals surface area contributed by atoms with Crippen LogP contribution in [-0.2, 0) is 9.19 Å². The number of phosphoric acid groups is 1. The molecule has 2 rings (SSSR count). The zero-order valence-electron chi connectivity index (χ0n) is 12.0. The van der Waals surface area contributed by atoms with E-state index in [4.69, 9.17) is 14.6 Å². The summed E-state index contributed by atoms with van der Waals surface area (Å²) in [5.41, 5.74) is 10.2. The Labute approximate surface area is 127 Å². The van der Waals surface area contributed by atoms with Crippen molar-refractivity contribution in [1.82, 2.24) is 0 Å². The number of aryl methyl sites for hydroxylation is 2. The van der Waals surface area contributed by atoms with Crippen molar-refractivity contribution in [2.75, 3.05) is 0 Å². The predicted octanol–water partition coefficient (Wildman–Crippen LogP) is 5.11. The van der Waals surface area contributed by atoms with Crippen LogP contribution in [0.25, 0.3) is 10.4 Å². The summed E-state index contributed by atoms with van der Waals surface area (Å²) in [6, 6.07) is 13.7. The highest BCUT2D eigenvalue weighted by Gasteiger charge is 2.32. The number of phosphoric ester groups is 1. The molecule has 114 valence electrons. The smallest absolute Gasteiger partial charge is 0.386 e. The fourth-order valence-corrected chi connectivity index (χ4v) is 2.69. The number of azide groups is 1. The maximum Gasteiger partial charge on any atom is 0.653 e. The van der Waals surface area contributed by atoms with E-state index in [2.05, 4.69) is 14.8 Å². The highest BCUT2D eigenvalue weighted by molar-refractivity contribution is 7.49. The Hall–Kier alpha value is -2.62. The molecule has 0 amide bonds. The van der Waals surface area contributed by atoms with Crippen molar-refractivity contribution >= 4 is 7.82 Å². The van der Waals surface area contributed by atoms with Gasteiger partial charge in [-0.1, -0.05) is 24.3 Å². The van der Waals surface area contributed by atoms with Crippen molar-refractivity contribution in [2.24, 2.45) is 5.28 Å². The van der Waals surface area contributed by atoms with Gasteiger partial charge in [0.1, 0.15) is 16.8 Å². The maximum absolute atomic E-state index is 12.6. The first-order chi connectivity index (χ1) is 10.5. The number of hydrogen-bond acceptors (Lipinski definition) is 5. The second-order valence-corrected chi connectivity index (χ2v) is 5.94. The van der Waals surface area contributed by atoms with E-state index in [1.807, 2.05) is 26.0 Å². The number of rotatable bonds is 6. The van der Waals surface area contributed by atoms with Gasteiger partial charge in [0.15, 0.2) is 0 Å². The first-order valence-corrected chi connectivity index (χ1v) is 7.82. The molecule has 0 saturated carbocycles. The fourth-order valence-electron chi connectivity index (χ4n) is 1.72. The Morgan fingerprint density at radius 3 is 1.91 bits per heavy atom. The van der Waals surface area contributed by atoms with Gasteiger partial charge in [0, 0.05) is 4.91 Å². The minimum atomic E-state index is -4.14. The van der Waals surface area contributed by atoms with Gasteiger partial charge in [-0.2, -0.15) is 4.57 Å². The third kappa shape index (κ3) is 4.45. The summed E-state index contributed by atoms with van der Waals surface area (Å²) in [6.45, 7) is 3.71. The molecule has 0 atom stereocenters. The lowest BCUT2D eigenvalue weighted by Gasteiger charge is -2.16. The average Bonchev–Trinajstić information content (AvgIpc) is 2.45. The molecular weight excluding hydrogens is 305 g/mol.